The Labute approximate surface area is 142 Å². The van der Waals surface area contributed by atoms with Crippen LogP contribution in [0, 0.1) is 11.8 Å². The number of anilines is 1. The molecule has 2 N–H and O–H groups in total. The second-order valence-electron chi connectivity index (χ2n) is 6.41. The number of nitrogens with one attached hydrogen (secondary N) is 2. The maximum Gasteiger partial charge on any atom is 0.271 e. The summed E-state index contributed by atoms with van der Waals surface area (Å²) in [5.41, 5.74) is 1.05. The second kappa shape index (κ2) is 7.77. The maximum atomic E-state index is 12.3. The van der Waals surface area contributed by atoms with Crippen LogP contribution in [0.15, 0.2) is 36.4 Å². The van der Waals surface area contributed by atoms with Gasteiger partial charge < -0.3 is 10.6 Å². The zero-order valence-corrected chi connectivity index (χ0v) is 14.5. The average Bonchev–Trinajstić information content (AvgIpc) is 2.97. The van der Waals surface area contributed by atoms with E-state index in [1.54, 1.807) is 10.7 Å². The van der Waals surface area contributed by atoms with Gasteiger partial charge in [0, 0.05) is 18.5 Å². The number of carbonyl (C=O) groups is 2. The van der Waals surface area contributed by atoms with E-state index < -0.39 is 0 Å². The molecule has 0 bridgehead atoms. The first-order valence-electron chi connectivity index (χ1n) is 8.13. The molecule has 128 valence electrons. The van der Waals surface area contributed by atoms with Gasteiger partial charge in [-0.05, 0) is 18.1 Å². The molecule has 0 aliphatic rings. The van der Waals surface area contributed by atoms with Crippen molar-refractivity contribution in [3.63, 3.8) is 0 Å². The monoisotopic (exact) mass is 328 g/mol. The molecule has 1 aromatic carbocycles. The van der Waals surface area contributed by atoms with Gasteiger partial charge in [0.1, 0.15) is 5.82 Å². The highest BCUT2D eigenvalue weighted by Gasteiger charge is 2.18. The first-order chi connectivity index (χ1) is 11.4. The number of aromatic nitrogens is 2. The number of amides is 2. The molecule has 2 rings (SSSR count). The van der Waals surface area contributed by atoms with E-state index in [0.29, 0.717) is 18.3 Å². The zero-order valence-electron chi connectivity index (χ0n) is 14.5. The molecule has 6 nitrogen and oxygen atoms in total. The highest BCUT2D eigenvalue weighted by Crippen LogP contribution is 2.18. The SMILES string of the molecule is CC(C)CNC(=O)c1cc(NC(=O)C(C)C)n(-c2ccccc2)n1. The minimum absolute atomic E-state index is 0.124. The van der Waals surface area contributed by atoms with Gasteiger partial charge in [0.25, 0.3) is 5.91 Å². The van der Waals surface area contributed by atoms with Crippen LogP contribution >= 0.6 is 0 Å². The average molecular weight is 328 g/mol. The van der Waals surface area contributed by atoms with Crippen LogP contribution in [-0.2, 0) is 4.79 Å². The molecule has 0 unspecified atom stereocenters. The van der Waals surface area contributed by atoms with Crippen molar-refractivity contribution in [3.05, 3.63) is 42.1 Å². The molecule has 0 radical (unpaired) electrons. The first kappa shape index (κ1) is 17.7. The fourth-order valence-corrected chi connectivity index (χ4v) is 2.01. The summed E-state index contributed by atoms with van der Waals surface area (Å²) in [6, 6.07) is 11.0. The van der Waals surface area contributed by atoms with Crippen LogP contribution in [0.2, 0.25) is 0 Å². The van der Waals surface area contributed by atoms with Crippen molar-refractivity contribution in [2.45, 2.75) is 27.7 Å². The molecule has 6 heteroatoms. The van der Waals surface area contributed by atoms with Gasteiger partial charge in [-0.1, -0.05) is 45.9 Å². The number of nitrogens with zero attached hydrogens (tertiary/aromatic N) is 2. The molecule has 1 heterocycles. The second-order valence-corrected chi connectivity index (χ2v) is 6.41. The lowest BCUT2D eigenvalue weighted by Gasteiger charge is -2.10. The predicted molar refractivity (Wildman–Crippen MR) is 94.2 cm³/mol. The largest absolute Gasteiger partial charge is 0.350 e. The summed E-state index contributed by atoms with van der Waals surface area (Å²) in [5, 5.41) is 10.0. The highest BCUT2D eigenvalue weighted by atomic mass is 16.2. The molecule has 0 fully saturated rings. The van der Waals surface area contributed by atoms with Crippen LogP contribution in [0.5, 0.6) is 0 Å². The van der Waals surface area contributed by atoms with Gasteiger partial charge in [-0.25, -0.2) is 4.68 Å². The molecule has 0 saturated heterocycles. The van der Waals surface area contributed by atoms with E-state index in [1.807, 2.05) is 58.0 Å². The number of rotatable bonds is 6. The maximum absolute atomic E-state index is 12.3. The molecule has 0 aliphatic heterocycles. The van der Waals surface area contributed by atoms with Gasteiger partial charge in [0.2, 0.25) is 5.91 Å². The Kier molecular flexibility index (Phi) is 5.73. The zero-order chi connectivity index (χ0) is 17.7. The topological polar surface area (TPSA) is 76.0 Å². The van der Waals surface area contributed by atoms with Crippen LogP contribution in [0.4, 0.5) is 5.82 Å². The van der Waals surface area contributed by atoms with E-state index in [1.165, 1.54) is 0 Å². The van der Waals surface area contributed by atoms with Crippen molar-refractivity contribution in [2.75, 3.05) is 11.9 Å². The van der Waals surface area contributed by atoms with Crippen molar-refractivity contribution in [3.8, 4) is 5.69 Å². The Morgan fingerprint density at radius 3 is 2.38 bits per heavy atom. The molecular weight excluding hydrogens is 304 g/mol. The summed E-state index contributed by atoms with van der Waals surface area (Å²) in [5.74, 6) is 0.293. The Morgan fingerprint density at radius 2 is 1.79 bits per heavy atom. The fraction of sp³-hybridized carbons (Fsp3) is 0.389. The Hall–Kier alpha value is -2.63. The fourth-order valence-electron chi connectivity index (χ4n) is 2.01. The molecule has 1 aromatic heterocycles. The number of carbonyl (C=O) groups excluding carboxylic acids is 2. The number of benzene rings is 1. The van der Waals surface area contributed by atoms with Crippen molar-refractivity contribution in [1.82, 2.24) is 15.1 Å². The van der Waals surface area contributed by atoms with Crippen LogP contribution in [0.1, 0.15) is 38.2 Å². The third kappa shape index (κ3) is 4.44. The third-order valence-electron chi connectivity index (χ3n) is 3.39. The summed E-state index contributed by atoms with van der Waals surface area (Å²) < 4.78 is 1.57. The number of para-hydroxylation sites is 1. The van der Waals surface area contributed by atoms with Gasteiger partial charge in [0.05, 0.1) is 5.69 Å². The van der Waals surface area contributed by atoms with E-state index in [-0.39, 0.29) is 23.4 Å². The summed E-state index contributed by atoms with van der Waals surface area (Å²) in [7, 11) is 0. The lowest BCUT2D eigenvalue weighted by molar-refractivity contribution is -0.118. The van der Waals surface area contributed by atoms with Crippen LogP contribution in [0.25, 0.3) is 5.69 Å². The summed E-state index contributed by atoms with van der Waals surface area (Å²) in [6.07, 6.45) is 0. The minimum atomic E-state index is -0.251. The quantitative estimate of drug-likeness (QED) is 0.856. The minimum Gasteiger partial charge on any atom is -0.350 e. The highest BCUT2D eigenvalue weighted by molar-refractivity contribution is 5.96. The first-order valence-corrected chi connectivity index (χ1v) is 8.13. The number of hydrogen-bond donors (Lipinski definition) is 2. The molecule has 2 aromatic rings. The van der Waals surface area contributed by atoms with Crippen molar-refractivity contribution in [2.24, 2.45) is 11.8 Å². The molecule has 0 atom stereocenters. The van der Waals surface area contributed by atoms with E-state index >= 15 is 0 Å². The molecule has 2 amide bonds. The Morgan fingerprint density at radius 1 is 1.12 bits per heavy atom. The Bertz CT molecular complexity index is 705. The van der Waals surface area contributed by atoms with Gasteiger partial charge in [0.15, 0.2) is 5.69 Å². The summed E-state index contributed by atoms with van der Waals surface area (Å²) >= 11 is 0. The standard InChI is InChI=1S/C18H24N4O2/c1-12(2)11-19-18(24)15-10-16(20-17(23)13(3)4)22(21-15)14-8-6-5-7-9-14/h5-10,12-13H,11H2,1-4H3,(H,19,24)(H,20,23). The van der Waals surface area contributed by atoms with Crippen LogP contribution in [-0.4, -0.2) is 28.1 Å². The molecule has 24 heavy (non-hydrogen) atoms. The van der Waals surface area contributed by atoms with E-state index in [9.17, 15) is 9.59 Å². The van der Waals surface area contributed by atoms with E-state index in [2.05, 4.69) is 15.7 Å². The van der Waals surface area contributed by atoms with Crippen LogP contribution < -0.4 is 10.6 Å². The van der Waals surface area contributed by atoms with Crippen LogP contribution in [0.3, 0.4) is 0 Å². The van der Waals surface area contributed by atoms with E-state index in [4.69, 9.17) is 0 Å². The van der Waals surface area contributed by atoms with E-state index in [0.717, 1.165) is 5.69 Å². The Balaban J connectivity index is 2.33. The van der Waals surface area contributed by atoms with Crippen molar-refractivity contribution in [1.29, 1.82) is 0 Å². The van der Waals surface area contributed by atoms with Gasteiger partial charge in [-0.2, -0.15) is 5.10 Å². The van der Waals surface area contributed by atoms with Gasteiger partial charge in [-0.3, -0.25) is 9.59 Å². The van der Waals surface area contributed by atoms with Crippen molar-refractivity contribution >= 4 is 17.6 Å². The lowest BCUT2D eigenvalue weighted by Crippen LogP contribution is -2.27. The number of hydrogen-bond acceptors (Lipinski definition) is 3. The summed E-state index contributed by atoms with van der Waals surface area (Å²) in [4.78, 5) is 24.3. The molecule has 0 aliphatic carbocycles. The molecular formula is C18H24N4O2. The molecule has 0 spiro atoms. The summed E-state index contributed by atoms with van der Waals surface area (Å²) in [6.45, 7) is 8.25. The van der Waals surface area contributed by atoms with Gasteiger partial charge in [-0.15, -0.1) is 0 Å². The lowest BCUT2D eigenvalue weighted by atomic mass is 10.2. The molecule has 0 saturated carbocycles. The van der Waals surface area contributed by atoms with Crippen molar-refractivity contribution < 1.29 is 9.59 Å². The normalized spacial score (nSPS) is 10.9. The third-order valence-corrected chi connectivity index (χ3v) is 3.39. The predicted octanol–water partition coefficient (Wildman–Crippen LogP) is 2.85. The van der Waals surface area contributed by atoms with Gasteiger partial charge >= 0.3 is 0 Å². The smallest absolute Gasteiger partial charge is 0.271 e.